The van der Waals surface area contributed by atoms with E-state index in [1.807, 2.05) is 5.32 Å². The first-order valence-corrected chi connectivity index (χ1v) is 10.9. The molecule has 1 aliphatic heterocycles. The molecule has 4 rings (SSSR count). The Balaban J connectivity index is 1.71. The van der Waals surface area contributed by atoms with Gasteiger partial charge in [-0.15, -0.1) is 0 Å². The highest BCUT2D eigenvalue weighted by atomic mass is 32.2. The van der Waals surface area contributed by atoms with Gasteiger partial charge in [-0.05, 0) is 48.5 Å². The van der Waals surface area contributed by atoms with Gasteiger partial charge in [0.2, 0.25) is 0 Å². The molecular formula is C23H15FN2O6S. The zero-order valence-electron chi connectivity index (χ0n) is 16.8. The lowest BCUT2D eigenvalue weighted by Gasteiger charge is -2.26. The minimum atomic E-state index is -4.19. The molecule has 166 valence electrons. The predicted molar refractivity (Wildman–Crippen MR) is 116 cm³/mol. The summed E-state index contributed by atoms with van der Waals surface area (Å²) in [6.07, 6.45) is 1.12. The van der Waals surface area contributed by atoms with Gasteiger partial charge in [0.1, 0.15) is 22.0 Å². The van der Waals surface area contributed by atoms with E-state index in [0.29, 0.717) is 4.90 Å². The van der Waals surface area contributed by atoms with Crippen LogP contribution in [-0.2, 0) is 19.7 Å². The van der Waals surface area contributed by atoms with Crippen LogP contribution in [0.3, 0.4) is 0 Å². The first-order valence-electron chi connectivity index (χ1n) is 9.52. The van der Waals surface area contributed by atoms with E-state index in [4.69, 9.17) is 4.18 Å². The van der Waals surface area contributed by atoms with E-state index in [-0.39, 0.29) is 21.9 Å². The quantitative estimate of drug-likeness (QED) is 0.351. The zero-order valence-corrected chi connectivity index (χ0v) is 17.6. The van der Waals surface area contributed by atoms with Crippen LogP contribution in [0, 0.1) is 5.82 Å². The second kappa shape index (κ2) is 8.67. The second-order valence-electron chi connectivity index (χ2n) is 6.82. The third kappa shape index (κ3) is 4.51. The van der Waals surface area contributed by atoms with Crippen LogP contribution in [0.25, 0.3) is 6.08 Å². The van der Waals surface area contributed by atoms with E-state index in [9.17, 15) is 27.2 Å². The predicted octanol–water partition coefficient (Wildman–Crippen LogP) is 3.26. The van der Waals surface area contributed by atoms with Crippen molar-refractivity contribution in [1.82, 2.24) is 5.32 Å². The Bertz CT molecular complexity index is 1390. The molecule has 0 aromatic heterocycles. The van der Waals surface area contributed by atoms with E-state index in [1.165, 1.54) is 54.6 Å². The van der Waals surface area contributed by atoms with Crippen LogP contribution in [0.5, 0.6) is 5.75 Å². The molecule has 0 aliphatic carbocycles. The fourth-order valence-corrected chi connectivity index (χ4v) is 4.04. The highest BCUT2D eigenvalue weighted by Crippen LogP contribution is 2.27. The fourth-order valence-electron chi connectivity index (χ4n) is 3.07. The Labute approximate surface area is 188 Å². The summed E-state index contributed by atoms with van der Waals surface area (Å²) in [5, 5.41) is 2.04. The van der Waals surface area contributed by atoms with Crippen LogP contribution in [0.15, 0.2) is 89.3 Å². The van der Waals surface area contributed by atoms with Crippen molar-refractivity contribution in [3.8, 4) is 5.75 Å². The Morgan fingerprint density at radius 2 is 1.48 bits per heavy atom. The van der Waals surface area contributed by atoms with E-state index in [0.717, 1.165) is 18.2 Å². The molecule has 0 atom stereocenters. The number of amides is 4. The molecule has 10 heteroatoms. The van der Waals surface area contributed by atoms with Gasteiger partial charge in [0.25, 0.3) is 11.8 Å². The maximum absolute atomic E-state index is 13.2. The Morgan fingerprint density at radius 1 is 0.848 bits per heavy atom. The van der Waals surface area contributed by atoms with Gasteiger partial charge in [0.05, 0.1) is 5.69 Å². The van der Waals surface area contributed by atoms with Crippen molar-refractivity contribution in [1.29, 1.82) is 0 Å². The molecule has 0 saturated carbocycles. The largest absolute Gasteiger partial charge is 0.378 e. The van der Waals surface area contributed by atoms with Crippen molar-refractivity contribution in [2.75, 3.05) is 4.90 Å². The number of nitrogens with zero attached hydrogens (tertiary/aromatic N) is 1. The molecule has 1 N–H and O–H groups in total. The van der Waals surface area contributed by atoms with Gasteiger partial charge in [0.15, 0.2) is 0 Å². The summed E-state index contributed by atoms with van der Waals surface area (Å²) in [5.41, 5.74) is -0.274. The minimum absolute atomic E-state index is 0.0495. The molecule has 0 unspecified atom stereocenters. The second-order valence-corrected chi connectivity index (χ2v) is 8.37. The molecule has 1 saturated heterocycles. The van der Waals surface area contributed by atoms with Crippen molar-refractivity contribution in [3.63, 3.8) is 0 Å². The number of urea groups is 1. The van der Waals surface area contributed by atoms with Gasteiger partial charge >= 0.3 is 16.1 Å². The lowest BCUT2D eigenvalue weighted by Crippen LogP contribution is -2.54. The molecule has 0 spiro atoms. The van der Waals surface area contributed by atoms with E-state index in [1.54, 1.807) is 12.1 Å². The van der Waals surface area contributed by atoms with Crippen molar-refractivity contribution in [3.05, 3.63) is 95.8 Å². The molecule has 8 nitrogen and oxygen atoms in total. The van der Waals surface area contributed by atoms with E-state index < -0.39 is 39.4 Å². The van der Waals surface area contributed by atoms with Gasteiger partial charge in [-0.1, -0.05) is 36.4 Å². The number of carbonyl (C=O) groups excluding carboxylic acids is 3. The van der Waals surface area contributed by atoms with E-state index in [2.05, 4.69) is 0 Å². The summed E-state index contributed by atoms with van der Waals surface area (Å²) < 4.78 is 43.7. The number of barbiturate groups is 1. The number of imide groups is 2. The maximum atomic E-state index is 13.2. The third-order valence-electron chi connectivity index (χ3n) is 4.64. The fraction of sp³-hybridized carbons (Fsp3) is 0. The zero-order chi connectivity index (χ0) is 23.6. The normalized spacial score (nSPS) is 15.5. The average Bonchev–Trinajstić information content (AvgIpc) is 2.79. The van der Waals surface area contributed by atoms with Crippen molar-refractivity contribution >= 4 is 39.7 Å². The highest BCUT2D eigenvalue weighted by Gasteiger charge is 2.37. The Kier molecular flexibility index (Phi) is 5.76. The molecule has 3 aromatic rings. The molecule has 0 bridgehead atoms. The van der Waals surface area contributed by atoms with Gasteiger partial charge in [-0.25, -0.2) is 14.1 Å². The molecule has 33 heavy (non-hydrogen) atoms. The summed E-state index contributed by atoms with van der Waals surface area (Å²) in [4.78, 5) is 38.2. The van der Waals surface area contributed by atoms with Crippen molar-refractivity contribution in [2.45, 2.75) is 4.90 Å². The van der Waals surface area contributed by atoms with Crippen LogP contribution < -0.4 is 14.4 Å². The topological polar surface area (TPSA) is 110 Å². The van der Waals surface area contributed by atoms with Crippen LogP contribution in [0.4, 0.5) is 14.9 Å². The lowest BCUT2D eigenvalue weighted by molar-refractivity contribution is -0.122. The summed E-state index contributed by atoms with van der Waals surface area (Å²) in [5.74, 6) is -2.62. The first kappa shape index (κ1) is 21.9. The number of para-hydroxylation sites is 1. The van der Waals surface area contributed by atoms with Crippen molar-refractivity contribution < 1.29 is 31.4 Å². The molecular weight excluding hydrogens is 451 g/mol. The standard InChI is InChI=1S/C23H15FN2O6S/c24-16-10-12-17(13-11-16)26-22(28)19(21(27)25-23(26)29)14-15-6-4-5-9-20(15)32-33(30,31)18-7-2-1-3-8-18/h1-14H,(H,25,27,29)/b19-14+. The highest BCUT2D eigenvalue weighted by molar-refractivity contribution is 7.87. The number of hydrogen-bond donors (Lipinski definition) is 1. The number of halogens is 1. The average molecular weight is 466 g/mol. The maximum Gasteiger partial charge on any atom is 0.339 e. The number of anilines is 1. The monoisotopic (exact) mass is 466 g/mol. The van der Waals surface area contributed by atoms with Crippen molar-refractivity contribution in [2.24, 2.45) is 0 Å². The van der Waals surface area contributed by atoms with Crippen LogP contribution >= 0.6 is 0 Å². The molecule has 1 aliphatic rings. The number of nitrogens with one attached hydrogen (secondary N) is 1. The summed E-state index contributed by atoms with van der Waals surface area (Å²) in [6, 6.07) is 16.9. The first-order chi connectivity index (χ1) is 15.8. The van der Waals surface area contributed by atoms with Gasteiger partial charge in [-0.2, -0.15) is 8.42 Å². The number of hydrogen-bond acceptors (Lipinski definition) is 6. The minimum Gasteiger partial charge on any atom is -0.378 e. The van der Waals surface area contributed by atoms with Gasteiger partial charge in [0, 0.05) is 5.56 Å². The SMILES string of the molecule is O=C1NC(=O)N(c2ccc(F)cc2)C(=O)/C1=C/c1ccccc1OS(=O)(=O)c1ccccc1. The molecule has 0 radical (unpaired) electrons. The van der Waals surface area contributed by atoms with Crippen LogP contribution in [0.2, 0.25) is 0 Å². The summed E-state index contributed by atoms with van der Waals surface area (Å²) >= 11 is 0. The Hall–Kier alpha value is -4.31. The molecule has 3 aromatic carbocycles. The van der Waals surface area contributed by atoms with Gasteiger partial charge in [-0.3, -0.25) is 14.9 Å². The lowest BCUT2D eigenvalue weighted by atomic mass is 10.1. The number of rotatable bonds is 5. The van der Waals surface area contributed by atoms with E-state index >= 15 is 0 Å². The molecule has 4 amide bonds. The molecule has 1 heterocycles. The third-order valence-corrected chi connectivity index (χ3v) is 5.89. The van der Waals surface area contributed by atoms with Crippen LogP contribution in [-0.4, -0.2) is 26.3 Å². The summed E-state index contributed by atoms with van der Waals surface area (Å²) in [7, 11) is -4.19. The van der Waals surface area contributed by atoms with Crippen LogP contribution in [0.1, 0.15) is 5.56 Å². The smallest absolute Gasteiger partial charge is 0.339 e. The number of carbonyl (C=O) groups is 3. The summed E-state index contributed by atoms with van der Waals surface area (Å²) in [6.45, 7) is 0. The Morgan fingerprint density at radius 3 is 2.18 bits per heavy atom. The molecule has 1 fully saturated rings. The number of benzene rings is 3. The van der Waals surface area contributed by atoms with Gasteiger partial charge < -0.3 is 4.18 Å².